The monoisotopic (exact) mass is 325 g/mol. The molecule has 1 aromatic carbocycles. The second kappa shape index (κ2) is 8.17. The van der Waals surface area contributed by atoms with Crippen molar-refractivity contribution in [3.63, 3.8) is 0 Å². The Morgan fingerprint density at radius 3 is 2.45 bits per heavy atom. The molecular weight excluding hydrogens is 298 g/mol. The highest BCUT2D eigenvalue weighted by atomic mass is 32.2. The first-order chi connectivity index (χ1) is 10.2. The maximum Gasteiger partial charge on any atom is 0.191 e. The first kappa shape index (κ1) is 18.5. The van der Waals surface area contributed by atoms with Gasteiger partial charge in [-0.05, 0) is 36.5 Å². The van der Waals surface area contributed by atoms with Gasteiger partial charge in [-0.25, -0.2) is 8.42 Å². The normalized spacial score (nSPS) is 12.5. The molecule has 5 nitrogen and oxygen atoms in total. The van der Waals surface area contributed by atoms with E-state index < -0.39 is 9.84 Å². The number of sulfone groups is 1. The molecule has 0 saturated heterocycles. The molecule has 1 aromatic rings. The number of rotatable bonds is 6. The second-order valence-corrected chi connectivity index (χ2v) is 7.89. The van der Waals surface area contributed by atoms with E-state index in [0.717, 1.165) is 30.1 Å². The van der Waals surface area contributed by atoms with Crippen molar-refractivity contribution in [2.24, 2.45) is 10.9 Å². The minimum Gasteiger partial charge on any atom is -0.356 e. The number of aliphatic imine (C=N–C) groups is 1. The summed E-state index contributed by atoms with van der Waals surface area (Å²) >= 11 is 0. The lowest BCUT2D eigenvalue weighted by Crippen LogP contribution is -2.37. The molecule has 0 unspecified atom stereocenters. The van der Waals surface area contributed by atoms with Crippen LogP contribution < -0.4 is 10.6 Å². The number of nitrogens with one attached hydrogen (secondary N) is 2. The first-order valence-corrected chi connectivity index (χ1v) is 9.37. The Morgan fingerprint density at radius 1 is 1.27 bits per heavy atom. The molecule has 0 aliphatic carbocycles. The molecule has 0 bridgehead atoms. The van der Waals surface area contributed by atoms with Gasteiger partial charge < -0.3 is 10.6 Å². The van der Waals surface area contributed by atoms with Crippen LogP contribution in [0.3, 0.4) is 0 Å². The molecule has 0 radical (unpaired) electrons. The van der Waals surface area contributed by atoms with Gasteiger partial charge in [-0.2, -0.15) is 0 Å². The van der Waals surface area contributed by atoms with Crippen molar-refractivity contribution in [2.75, 3.05) is 19.8 Å². The number of nitrogens with zero attached hydrogens (tertiary/aromatic N) is 1. The van der Waals surface area contributed by atoms with Crippen molar-refractivity contribution >= 4 is 15.8 Å². The zero-order chi connectivity index (χ0) is 16.8. The summed E-state index contributed by atoms with van der Waals surface area (Å²) in [6.07, 6.45) is 2.32. The van der Waals surface area contributed by atoms with Gasteiger partial charge in [0, 0.05) is 26.4 Å². The van der Waals surface area contributed by atoms with Gasteiger partial charge >= 0.3 is 0 Å². The summed E-state index contributed by atoms with van der Waals surface area (Å²) in [6, 6.07) is 5.39. The van der Waals surface area contributed by atoms with Gasteiger partial charge in [0.05, 0.1) is 4.90 Å². The Kier molecular flexibility index (Phi) is 6.87. The summed E-state index contributed by atoms with van der Waals surface area (Å²) in [6.45, 7) is 7.67. The number of benzene rings is 1. The van der Waals surface area contributed by atoms with Crippen molar-refractivity contribution in [3.8, 4) is 0 Å². The van der Waals surface area contributed by atoms with Crippen molar-refractivity contribution in [1.82, 2.24) is 10.6 Å². The van der Waals surface area contributed by atoms with Crippen molar-refractivity contribution in [2.45, 2.75) is 38.6 Å². The molecule has 0 aliphatic rings. The molecule has 0 aliphatic heterocycles. The molecule has 2 N–H and O–H groups in total. The third kappa shape index (κ3) is 6.05. The molecule has 0 heterocycles. The maximum atomic E-state index is 11.6. The van der Waals surface area contributed by atoms with Crippen LogP contribution in [0.2, 0.25) is 0 Å². The summed E-state index contributed by atoms with van der Waals surface area (Å²) in [5, 5.41) is 6.50. The van der Waals surface area contributed by atoms with E-state index in [2.05, 4.69) is 29.5 Å². The minimum absolute atomic E-state index is 0.385. The summed E-state index contributed by atoms with van der Waals surface area (Å²) in [5.74, 6) is 1.40. The highest BCUT2D eigenvalue weighted by Gasteiger charge is 2.10. The number of hydrogen-bond acceptors (Lipinski definition) is 3. The topological polar surface area (TPSA) is 70.6 Å². The third-order valence-corrected chi connectivity index (χ3v) is 4.59. The third-order valence-electron chi connectivity index (χ3n) is 3.34. The average Bonchev–Trinajstić information content (AvgIpc) is 2.40. The summed E-state index contributed by atoms with van der Waals surface area (Å²) in [4.78, 5) is 4.56. The van der Waals surface area contributed by atoms with E-state index in [4.69, 9.17) is 0 Å². The molecule has 0 fully saturated rings. The standard InChI is InChI=1S/C16H27N3O2S/c1-12(2)8-9-18-16(17-4)19-11-14-6-7-15(13(3)10-14)22(5,20)21/h6-7,10,12H,8-9,11H2,1-5H3,(H2,17,18,19). The lowest BCUT2D eigenvalue weighted by atomic mass is 10.1. The minimum atomic E-state index is -3.16. The van der Waals surface area contributed by atoms with E-state index in [1.165, 1.54) is 6.26 Å². The zero-order valence-electron chi connectivity index (χ0n) is 14.1. The number of aryl methyl sites for hydroxylation is 1. The van der Waals surface area contributed by atoms with E-state index in [0.29, 0.717) is 17.4 Å². The quantitative estimate of drug-likeness (QED) is 0.621. The van der Waals surface area contributed by atoms with Crippen LogP contribution >= 0.6 is 0 Å². The Morgan fingerprint density at radius 2 is 1.95 bits per heavy atom. The molecule has 0 amide bonds. The first-order valence-electron chi connectivity index (χ1n) is 7.48. The van der Waals surface area contributed by atoms with Gasteiger partial charge in [0.25, 0.3) is 0 Å². The predicted octanol–water partition coefficient (Wildman–Crippen LogP) is 2.11. The van der Waals surface area contributed by atoms with Gasteiger partial charge in [0.2, 0.25) is 0 Å². The Hall–Kier alpha value is -1.56. The van der Waals surface area contributed by atoms with Crippen LogP contribution in [0.4, 0.5) is 0 Å². The molecule has 124 valence electrons. The predicted molar refractivity (Wildman–Crippen MR) is 91.9 cm³/mol. The highest BCUT2D eigenvalue weighted by molar-refractivity contribution is 7.90. The lowest BCUT2D eigenvalue weighted by molar-refractivity contribution is 0.573. The molecule has 1 rings (SSSR count). The van der Waals surface area contributed by atoms with Crippen molar-refractivity contribution < 1.29 is 8.42 Å². The van der Waals surface area contributed by atoms with E-state index in [-0.39, 0.29) is 0 Å². The van der Waals surface area contributed by atoms with Crippen molar-refractivity contribution in [1.29, 1.82) is 0 Å². The van der Waals surface area contributed by atoms with Gasteiger partial charge in [0.15, 0.2) is 15.8 Å². The number of guanidine groups is 1. The van der Waals surface area contributed by atoms with E-state index in [1.54, 1.807) is 13.1 Å². The maximum absolute atomic E-state index is 11.6. The fourth-order valence-electron chi connectivity index (χ4n) is 2.12. The fourth-order valence-corrected chi connectivity index (χ4v) is 3.08. The number of hydrogen-bond donors (Lipinski definition) is 2. The molecule has 0 aromatic heterocycles. The van der Waals surface area contributed by atoms with E-state index >= 15 is 0 Å². The van der Waals surface area contributed by atoms with Gasteiger partial charge in [-0.15, -0.1) is 0 Å². The molecule has 0 atom stereocenters. The van der Waals surface area contributed by atoms with Crippen LogP contribution in [0.5, 0.6) is 0 Å². The van der Waals surface area contributed by atoms with Gasteiger partial charge in [-0.1, -0.05) is 26.0 Å². The van der Waals surface area contributed by atoms with Crippen LogP contribution in [0.1, 0.15) is 31.4 Å². The second-order valence-electron chi connectivity index (χ2n) is 5.91. The van der Waals surface area contributed by atoms with Crippen LogP contribution in [0, 0.1) is 12.8 Å². The van der Waals surface area contributed by atoms with Crippen LogP contribution in [0.25, 0.3) is 0 Å². The Bertz CT molecular complexity index is 622. The summed E-state index contributed by atoms with van der Waals surface area (Å²) in [7, 11) is -1.42. The van der Waals surface area contributed by atoms with E-state index in [9.17, 15) is 8.42 Å². The van der Waals surface area contributed by atoms with Crippen LogP contribution in [-0.4, -0.2) is 34.2 Å². The fraction of sp³-hybridized carbons (Fsp3) is 0.562. The smallest absolute Gasteiger partial charge is 0.191 e. The van der Waals surface area contributed by atoms with E-state index in [1.807, 2.05) is 19.1 Å². The molecule has 6 heteroatoms. The molecule has 0 spiro atoms. The summed E-state index contributed by atoms with van der Waals surface area (Å²) < 4.78 is 23.2. The largest absolute Gasteiger partial charge is 0.356 e. The highest BCUT2D eigenvalue weighted by Crippen LogP contribution is 2.16. The van der Waals surface area contributed by atoms with Crippen LogP contribution in [0.15, 0.2) is 28.1 Å². The lowest BCUT2D eigenvalue weighted by Gasteiger charge is -2.13. The average molecular weight is 325 g/mol. The summed E-state index contributed by atoms with van der Waals surface area (Å²) in [5.41, 5.74) is 1.79. The Labute approximate surface area is 134 Å². The molecule has 22 heavy (non-hydrogen) atoms. The molecular formula is C16H27N3O2S. The zero-order valence-corrected chi connectivity index (χ0v) is 14.9. The van der Waals surface area contributed by atoms with Crippen molar-refractivity contribution in [3.05, 3.63) is 29.3 Å². The van der Waals surface area contributed by atoms with Crippen LogP contribution in [-0.2, 0) is 16.4 Å². The Balaban J connectivity index is 2.62. The van der Waals surface area contributed by atoms with Gasteiger partial charge in [-0.3, -0.25) is 4.99 Å². The SMILES string of the molecule is CN=C(NCCC(C)C)NCc1ccc(S(C)(=O)=O)c(C)c1. The van der Waals surface area contributed by atoms with Gasteiger partial charge in [0.1, 0.15) is 0 Å². The molecule has 0 saturated carbocycles.